The van der Waals surface area contributed by atoms with Gasteiger partial charge in [0.2, 0.25) is 5.91 Å². The van der Waals surface area contributed by atoms with E-state index in [1.165, 1.54) is 13.2 Å². The first kappa shape index (κ1) is 21.5. The molecular weight excluding hydrogens is 436 g/mol. The number of aromatic nitrogens is 1. The van der Waals surface area contributed by atoms with Crippen molar-refractivity contribution in [2.45, 2.75) is 12.8 Å². The van der Waals surface area contributed by atoms with E-state index in [9.17, 15) is 9.59 Å². The standard InChI is InChI=1S/C23H19ClN2O6/c1-29-19-6-3-13(9-21(19)30-2)20-12-17(27)16-10-14(4-7-18(16)31-20)25-23(28)8-5-15-11-22(24)26-32-15/h3-4,6-7,9-12H,5,8H2,1-2H3,(H,25,28). The van der Waals surface area contributed by atoms with E-state index in [2.05, 4.69) is 10.5 Å². The minimum atomic E-state index is -0.233. The minimum absolute atomic E-state index is 0.177. The van der Waals surface area contributed by atoms with Gasteiger partial charge in [0.15, 0.2) is 22.1 Å². The number of methoxy groups -OCH3 is 2. The van der Waals surface area contributed by atoms with Crippen molar-refractivity contribution in [3.63, 3.8) is 0 Å². The Kier molecular flexibility index (Phi) is 6.13. The van der Waals surface area contributed by atoms with Crippen LogP contribution >= 0.6 is 11.6 Å². The molecule has 164 valence electrons. The first-order valence-corrected chi connectivity index (χ1v) is 10.1. The second-order valence-electron chi connectivity index (χ2n) is 6.92. The molecule has 0 saturated carbocycles. The van der Waals surface area contributed by atoms with Crippen molar-refractivity contribution < 1.29 is 23.2 Å². The van der Waals surface area contributed by atoms with E-state index in [0.717, 1.165) is 0 Å². The van der Waals surface area contributed by atoms with Crippen LogP contribution in [0.1, 0.15) is 12.2 Å². The SMILES string of the molecule is COc1ccc(-c2cc(=O)c3cc(NC(=O)CCc4cc(Cl)no4)ccc3o2)cc1OC. The number of anilines is 1. The number of halogens is 1. The number of benzene rings is 2. The minimum Gasteiger partial charge on any atom is -0.493 e. The van der Waals surface area contributed by atoms with Crippen molar-refractivity contribution in [1.29, 1.82) is 0 Å². The van der Waals surface area contributed by atoms with E-state index >= 15 is 0 Å². The highest BCUT2D eigenvalue weighted by molar-refractivity contribution is 6.29. The summed E-state index contributed by atoms with van der Waals surface area (Å²) < 4.78 is 21.5. The van der Waals surface area contributed by atoms with Gasteiger partial charge in [0.25, 0.3) is 0 Å². The molecule has 2 aromatic heterocycles. The molecule has 32 heavy (non-hydrogen) atoms. The highest BCUT2D eigenvalue weighted by Crippen LogP contribution is 2.33. The molecule has 2 heterocycles. The van der Waals surface area contributed by atoms with Gasteiger partial charge in [-0.3, -0.25) is 9.59 Å². The van der Waals surface area contributed by atoms with Crippen molar-refractivity contribution >= 4 is 34.2 Å². The highest BCUT2D eigenvalue weighted by Gasteiger charge is 2.12. The Balaban J connectivity index is 1.54. The monoisotopic (exact) mass is 454 g/mol. The highest BCUT2D eigenvalue weighted by atomic mass is 35.5. The van der Waals surface area contributed by atoms with Gasteiger partial charge in [-0.1, -0.05) is 16.8 Å². The van der Waals surface area contributed by atoms with Crippen LogP contribution in [0, 0.1) is 0 Å². The molecule has 0 fully saturated rings. The molecule has 0 aliphatic rings. The maximum atomic E-state index is 12.7. The van der Waals surface area contributed by atoms with Crippen LogP contribution in [0.2, 0.25) is 5.15 Å². The van der Waals surface area contributed by atoms with Crippen LogP contribution in [0.4, 0.5) is 5.69 Å². The number of hydrogen-bond donors (Lipinski definition) is 1. The average Bonchev–Trinajstić information content (AvgIpc) is 3.22. The predicted molar refractivity (Wildman–Crippen MR) is 119 cm³/mol. The van der Waals surface area contributed by atoms with Crippen LogP contribution in [0.3, 0.4) is 0 Å². The number of ether oxygens (including phenoxy) is 2. The number of amides is 1. The Bertz CT molecular complexity index is 1340. The van der Waals surface area contributed by atoms with Crippen LogP contribution in [-0.2, 0) is 11.2 Å². The predicted octanol–water partition coefficient (Wildman–Crippen LogP) is 4.69. The zero-order valence-corrected chi connectivity index (χ0v) is 18.1. The van der Waals surface area contributed by atoms with Crippen LogP contribution in [0.15, 0.2) is 62.3 Å². The number of hydrogen-bond acceptors (Lipinski definition) is 7. The lowest BCUT2D eigenvalue weighted by Gasteiger charge is -2.10. The maximum absolute atomic E-state index is 12.7. The summed E-state index contributed by atoms with van der Waals surface area (Å²) in [6.45, 7) is 0. The summed E-state index contributed by atoms with van der Waals surface area (Å²) >= 11 is 5.70. The molecule has 0 aliphatic heterocycles. The molecule has 0 unspecified atom stereocenters. The zero-order valence-electron chi connectivity index (χ0n) is 17.3. The van der Waals surface area contributed by atoms with Crippen LogP contribution in [0.5, 0.6) is 11.5 Å². The molecule has 0 aliphatic carbocycles. The van der Waals surface area contributed by atoms with Gasteiger partial charge in [-0.15, -0.1) is 0 Å². The van der Waals surface area contributed by atoms with E-state index in [0.29, 0.717) is 51.7 Å². The van der Waals surface area contributed by atoms with E-state index in [-0.39, 0.29) is 22.9 Å². The third kappa shape index (κ3) is 4.60. The molecule has 1 N–H and O–H groups in total. The fourth-order valence-electron chi connectivity index (χ4n) is 3.23. The summed E-state index contributed by atoms with van der Waals surface area (Å²) in [5.74, 6) is 1.78. The molecule has 0 atom stereocenters. The van der Waals surface area contributed by atoms with Crippen molar-refractivity contribution in [3.05, 3.63) is 69.7 Å². The summed E-state index contributed by atoms with van der Waals surface area (Å²) in [4.78, 5) is 25.0. The van der Waals surface area contributed by atoms with Gasteiger partial charge in [-0.25, -0.2) is 0 Å². The smallest absolute Gasteiger partial charge is 0.224 e. The van der Waals surface area contributed by atoms with Crippen molar-refractivity contribution in [3.8, 4) is 22.8 Å². The Labute approximate surface area is 187 Å². The zero-order chi connectivity index (χ0) is 22.7. The average molecular weight is 455 g/mol. The van der Waals surface area contributed by atoms with Gasteiger partial charge in [0.05, 0.1) is 19.6 Å². The number of carbonyl (C=O) groups excluding carboxylic acids is 1. The molecule has 4 aromatic rings. The van der Waals surface area contributed by atoms with Gasteiger partial charge >= 0.3 is 0 Å². The number of nitrogens with one attached hydrogen (secondary N) is 1. The Morgan fingerprint density at radius 2 is 1.88 bits per heavy atom. The van der Waals surface area contributed by atoms with E-state index in [1.54, 1.807) is 49.6 Å². The van der Waals surface area contributed by atoms with Crippen molar-refractivity contribution in [1.82, 2.24) is 5.16 Å². The van der Waals surface area contributed by atoms with Crippen LogP contribution < -0.4 is 20.2 Å². The number of rotatable bonds is 7. The summed E-state index contributed by atoms with van der Waals surface area (Å²) in [5, 5.41) is 6.94. The van der Waals surface area contributed by atoms with Crippen LogP contribution in [0.25, 0.3) is 22.3 Å². The molecular formula is C23H19ClN2O6. The molecule has 0 bridgehead atoms. The second-order valence-corrected chi connectivity index (χ2v) is 7.31. The normalized spacial score (nSPS) is 10.8. The molecule has 0 radical (unpaired) electrons. The summed E-state index contributed by atoms with van der Waals surface area (Å²) in [6, 6.07) is 13.1. The second kappa shape index (κ2) is 9.15. The van der Waals surface area contributed by atoms with Gasteiger partial charge < -0.3 is 23.7 Å². The Morgan fingerprint density at radius 1 is 1.06 bits per heavy atom. The fourth-order valence-corrected chi connectivity index (χ4v) is 3.39. The Morgan fingerprint density at radius 3 is 2.59 bits per heavy atom. The summed E-state index contributed by atoms with van der Waals surface area (Å²) in [6.07, 6.45) is 0.534. The number of aryl methyl sites for hydroxylation is 1. The molecule has 9 heteroatoms. The van der Waals surface area contributed by atoms with Crippen molar-refractivity contribution in [2.75, 3.05) is 19.5 Å². The van der Waals surface area contributed by atoms with Crippen molar-refractivity contribution in [2.24, 2.45) is 0 Å². The summed E-state index contributed by atoms with van der Waals surface area (Å²) in [5.41, 5.74) is 1.33. The summed E-state index contributed by atoms with van der Waals surface area (Å²) in [7, 11) is 3.09. The number of fused-ring (bicyclic) bond motifs is 1. The third-order valence-corrected chi connectivity index (χ3v) is 4.99. The Hall–Kier alpha value is -3.78. The molecule has 8 nitrogen and oxygen atoms in total. The maximum Gasteiger partial charge on any atom is 0.224 e. The van der Waals surface area contributed by atoms with Gasteiger partial charge in [0, 0.05) is 36.2 Å². The molecule has 0 spiro atoms. The number of nitrogens with zero attached hydrogens (tertiary/aromatic N) is 1. The lowest BCUT2D eigenvalue weighted by Crippen LogP contribution is -2.12. The lowest BCUT2D eigenvalue weighted by atomic mass is 10.1. The van der Waals surface area contributed by atoms with Gasteiger partial charge in [0.1, 0.15) is 17.1 Å². The van der Waals surface area contributed by atoms with Crippen LogP contribution in [-0.4, -0.2) is 25.3 Å². The number of carbonyl (C=O) groups is 1. The lowest BCUT2D eigenvalue weighted by molar-refractivity contribution is -0.116. The van der Waals surface area contributed by atoms with E-state index in [4.69, 9.17) is 30.0 Å². The van der Waals surface area contributed by atoms with Gasteiger partial charge in [-0.05, 0) is 36.4 Å². The quantitative estimate of drug-likeness (QED) is 0.432. The molecule has 0 saturated heterocycles. The largest absolute Gasteiger partial charge is 0.493 e. The third-order valence-electron chi connectivity index (χ3n) is 4.81. The van der Waals surface area contributed by atoms with E-state index in [1.807, 2.05) is 0 Å². The van der Waals surface area contributed by atoms with Gasteiger partial charge in [-0.2, -0.15) is 0 Å². The molecule has 2 aromatic carbocycles. The molecule has 4 rings (SSSR count). The first-order valence-electron chi connectivity index (χ1n) is 9.68. The fraction of sp³-hybridized carbons (Fsp3) is 0.174. The van der Waals surface area contributed by atoms with E-state index < -0.39 is 0 Å². The topological polar surface area (TPSA) is 104 Å². The molecule has 1 amide bonds. The first-order chi connectivity index (χ1) is 15.5.